The van der Waals surface area contributed by atoms with Gasteiger partial charge >= 0.3 is 0 Å². The Bertz CT molecular complexity index is 673. The van der Waals surface area contributed by atoms with Crippen LogP contribution in [0.1, 0.15) is 17.5 Å². The molecule has 22 heavy (non-hydrogen) atoms. The third-order valence-corrected chi connectivity index (χ3v) is 2.77. The molecule has 110 valence electrons. The highest BCUT2D eigenvalue weighted by Crippen LogP contribution is 2.13. The molecule has 5 heteroatoms. The molecule has 0 bridgehead atoms. The molecule has 0 atom stereocenters. The second-order valence-electron chi connectivity index (χ2n) is 4.47. The van der Waals surface area contributed by atoms with Gasteiger partial charge in [0.25, 0.3) is 5.91 Å². The summed E-state index contributed by atoms with van der Waals surface area (Å²) in [5, 5.41) is 12.1. The Morgan fingerprint density at radius 1 is 1.18 bits per heavy atom. The van der Waals surface area contributed by atoms with Gasteiger partial charge in [-0.05, 0) is 35.4 Å². The minimum atomic E-state index is -0.429. The van der Waals surface area contributed by atoms with Gasteiger partial charge in [-0.1, -0.05) is 30.3 Å². The van der Waals surface area contributed by atoms with E-state index in [1.807, 2.05) is 54.6 Å². The Balaban J connectivity index is 1.84. The van der Waals surface area contributed by atoms with Crippen molar-refractivity contribution in [3.8, 4) is 11.8 Å². The number of carbonyl (C=O) groups excluding carboxylic acids is 1. The molecule has 0 heterocycles. The number of hydrogen-bond donors (Lipinski definition) is 1. The normalized spacial score (nSPS) is 10.1. The molecule has 2 aromatic rings. The number of amides is 1. The quantitative estimate of drug-likeness (QED) is 0.657. The number of hydrazone groups is 1. The van der Waals surface area contributed by atoms with Crippen LogP contribution in [0.4, 0.5) is 0 Å². The summed E-state index contributed by atoms with van der Waals surface area (Å²) in [5.41, 5.74) is 4.20. The first-order valence-electron chi connectivity index (χ1n) is 6.73. The molecule has 0 saturated heterocycles. The Kier molecular flexibility index (Phi) is 5.70. The van der Waals surface area contributed by atoms with Crippen LogP contribution in [0.25, 0.3) is 0 Å². The summed E-state index contributed by atoms with van der Waals surface area (Å²) in [4.78, 5) is 11.0. The van der Waals surface area contributed by atoms with Gasteiger partial charge < -0.3 is 4.74 Å². The average Bonchev–Trinajstić information content (AvgIpc) is 2.55. The van der Waals surface area contributed by atoms with E-state index in [0.29, 0.717) is 6.61 Å². The van der Waals surface area contributed by atoms with Crippen LogP contribution in [0.2, 0.25) is 0 Å². The predicted octanol–water partition coefficient (Wildman–Crippen LogP) is 2.63. The fourth-order valence-electron chi connectivity index (χ4n) is 1.68. The summed E-state index contributed by atoms with van der Waals surface area (Å²) in [6.45, 7) is 0.512. The fourth-order valence-corrected chi connectivity index (χ4v) is 1.68. The zero-order chi connectivity index (χ0) is 15.6. The van der Waals surface area contributed by atoms with E-state index >= 15 is 0 Å². The zero-order valence-electron chi connectivity index (χ0n) is 11.9. The van der Waals surface area contributed by atoms with Crippen LogP contribution in [0.15, 0.2) is 59.7 Å². The first-order chi connectivity index (χ1) is 10.8. The number of nitrogens with zero attached hydrogens (tertiary/aromatic N) is 2. The van der Waals surface area contributed by atoms with Crippen LogP contribution in [-0.4, -0.2) is 12.1 Å². The van der Waals surface area contributed by atoms with E-state index in [1.165, 1.54) is 6.21 Å². The van der Waals surface area contributed by atoms with Gasteiger partial charge in [0.2, 0.25) is 0 Å². The van der Waals surface area contributed by atoms with E-state index in [1.54, 1.807) is 6.07 Å². The van der Waals surface area contributed by atoms with Crippen LogP contribution >= 0.6 is 0 Å². The lowest BCUT2D eigenvalue weighted by molar-refractivity contribution is -0.120. The number of nitriles is 1. The Morgan fingerprint density at radius 2 is 1.91 bits per heavy atom. The Hall–Kier alpha value is -3.13. The monoisotopic (exact) mass is 293 g/mol. The van der Waals surface area contributed by atoms with Gasteiger partial charge in [0.15, 0.2) is 0 Å². The topological polar surface area (TPSA) is 74.5 Å². The minimum absolute atomic E-state index is 0.205. The summed E-state index contributed by atoms with van der Waals surface area (Å²) >= 11 is 0. The van der Waals surface area contributed by atoms with Crippen molar-refractivity contribution in [1.29, 1.82) is 5.26 Å². The van der Waals surface area contributed by atoms with Crippen LogP contribution in [-0.2, 0) is 11.4 Å². The second-order valence-corrected chi connectivity index (χ2v) is 4.47. The summed E-state index contributed by atoms with van der Waals surface area (Å²) < 4.78 is 5.67. The van der Waals surface area contributed by atoms with Gasteiger partial charge in [-0.25, -0.2) is 5.43 Å². The maximum Gasteiger partial charge on any atom is 0.254 e. The molecule has 1 amide bonds. The van der Waals surface area contributed by atoms with Gasteiger partial charge in [0, 0.05) is 0 Å². The van der Waals surface area contributed by atoms with Crippen molar-refractivity contribution in [3.63, 3.8) is 0 Å². The highest BCUT2D eigenvalue weighted by atomic mass is 16.5. The molecule has 5 nitrogen and oxygen atoms in total. The Morgan fingerprint density at radius 3 is 2.59 bits per heavy atom. The zero-order valence-corrected chi connectivity index (χ0v) is 11.9. The van der Waals surface area contributed by atoms with Crippen molar-refractivity contribution in [1.82, 2.24) is 5.43 Å². The molecule has 0 saturated carbocycles. The van der Waals surface area contributed by atoms with Crippen LogP contribution in [0.5, 0.6) is 5.75 Å². The number of benzene rings is 2. The minimum Gasteiger partial charge on any atom is -0.489 e. The maximum absolute atomic E-state index is 11.0. The van der Waals surface area contributed by atoms with Gasteiger partial charge in [-0.2, -0.15) is 10.4 Å². The standard InChI is InChI=1S/C17H15N3O2/c18-11-10-17(21)20-19-12-14-6-8-16(9-7-14)22-13-15-4-2-1-3-5-15/h1-9,12H,10,13H2,(H,20,21)/b19-12-. The highest BCUT2D eigenvalue weighted by Gasteiger charge is 1.97. The first-order valence-corrected chi connectivity index (χ1v) is 6.73. The summed E-state index contributed by atoms with van der Waals surface area (Å²) in [5.74, 6) is 0.330. The molecular weight excluding hydrogens is 278 g/mol. The average molecular weight is 293 g/mol. The lowest BCUT2D eigenvalue weighted by atomic mass is 10.2. The number of carbonyl (C=O) groups is 1. The van der Waals surface area contributed by atoms with Crippen molar-refractivity contribution in [3.05, 3.63) is 65.7 Å². The predicted molar refractivity (Wildman–Crippen MR) is 83.2 cm³/mol. The lowest BCUT2D eigenvalue weighted by Crippen LogP contribution is -2.16. The van der Waals surface area contributed by atoms with Crippen LogP contribution in [0, 0.1) is 11.3 Å². The van der Waals surface area contributed by atoms with Crippen LogP contribution < -0.4 is 10.2 Å². The van der Waals surface area contributed by atoms with Gasteiger partial charge in [0.1, 0.15) is 18.8 Å². The van der Waals surface area contributed by atoms with Gasteiger partial charge in [-0.3, -0.25) is 4.79 Å². The molecular formula is C17H15N3O2. The smallest absolute Gasteiger partial charge is 0.254 e. The van der Waals surface area contributed by atoms with E-state index in [0.717, 1.165) is 16.9 Å². The molecule has 0 spiro atoms. The van der Waals surface area contributed by atoms with E-state index < -0.39 is 5.91 Å². The molecule has 0 fully saturated rings. The molecule has 2 aromatic carbocycles. The van der Waals surface area contributed by atoms with Gasteiger partial charge in [-0.15, -0.1) is 0 Å². The summed E-state index contributed by atoms with van der Waals surface area (Å²) in [7, 11) is 0. The van der Waals surface area contributed by atoms with E-state index in [2.05, 4.69) is 10.5 Å². The summed E-state index contributed by atoms with van der Waals surface area (Å²) in [6, 6.07) is 19.0. The largest absolute Gasteiger partial charge is 0.489 e. The number of hydrogen-bond acceptors (Lipinski definition) is 4. The van der Waals surface area contributed by atoms with E-state index in [4.69, 9.17) is 10.00 Å². The molecule has 0 aliphatic heterocycles. The third-order valence-electron chi connectivity index (χ3n) is 2.77. The highest BCUT2D eigenvalue weighted by molar-refractivity contribution is 5.83. The number of rotatable bonds is 6. The van der Waals surface area contributed by atoms with Gasteiger partial charge in [0.05, 0.1) is 12.3 Å². The number of nitrogens with one attached hydrogen (secondary N) is 1. The van der Waals surface area contributed by atoms with E-state index in [9.17, 15) is 4.79 Å². The van der Waals surface area contributed by atoms with Crippen molar-refractivity contribution >= 4 is 12.1 Å². The molecule has 0 radical (unpaired) electrons. The third kappa shape index (κ3) is 5.10. The molecule has 0 unspecified atom stereocenters. The molecule has 0 aliphatic carbocycles. The molecule has 1 N–H and O–H groups in total. The first kappa shape index (κ1) is 15.3. The van der Waals surface area contributed by atoms with Crippen LogP contribution in [0.3, 0.4) is 0 Å². The number of ether oxygens (including phenoxy) is 1. The lowest BCUT2D eigenvalue weighted by Gasteiger charge is -2.06. The SMILES string of the molecule is N#CCC(=O)N/N=C\c1ccc(OCc2ccccc2)cc1. The van der Waals surface area contributed by atoms with Crippen molar-refractivity contribution in [2.45, 2.75) is 13.0 Å². The fraction of sp³-hybridized carbons (Fsp3) is 0.118. The van der Waals surface area contributed by atoms with Crippen molar-refractivity contribution in [2.24, 2.45) is 5.10 Å². The van der Waals surface area contributed by atoms with Crippen molar-refractivity contribution in [2.75, 3.05) is 0 Å². The van der Waals surface area contributed by atoms with Crippen molar-refractivity contribution < 1.29 is 9.53 Å². The maximum atomic E-state index is 11.0. The molecule has 0 aliphatic rings. The second kappa shape index (κ2) is 8.22. The van der Waals surface area contributed by atoms with E-state index in [-0.39, 0.29) is 6.42 Å². The Labute approximate surface area is 128 Å². The molecule has 2 rings (SSSR count). The summed E-state index contributed by atoms with van der Waals surface area (Å²) in [6.07, 6.45) is 1.31. The molecule has 0 aromatic heterocycles.